The summed E-state index contributed by atoms with van der Waals surface area (Å²) < 4.78 is 0.888. The fraction of sp³-hybridized carbons (Fsp3) is 0.353. The molecule has 0 bridgehead atoms. The second-order valence-corrected chi connectivity index (χ2v) is 9.51. The largest absolute Gasteiger partial charge is 0.357 e. The predicted molar refractivity (Wildman–Crippen MR) is 108 cm³/mol. The summed E-state index contributed by atoms with van der Waals surface area (Å²) in [4.78, 5) is 12.2. The highest BCUT2D eigenvalue weighted by molar-refractivity contribution is 8.00. The molecule has 0 saturated heterocycles. The van der Waals surface area contributed by atoms with E-state index in [1.165, 1.54) is 29.7 Å². The molecular weight excluding hydrogens is 400 g/mol. The van der Waals surface area contributed by atoms with Crippen molar-refractivity contribution in [3.8, 4) is 0 Å². The number of carbonyl (C=O) groups excluding carboxylic acids is 1. The van der Waals surface area contributed by atoms with E-state index in [1.807, 2.05) is 31.2 Å². The van der Waals surface area contributed by atoms with Crippen LogP contribution in [0.4, 0.5) is 5.13 Å². The summed E-state index contributed by atoms with van der Waals surface area (Å²) >= 11 is 4.42. The number of carbonyl (C=O) groups is 1. The van der Waals surface area contributed by atoms with Gasteiger partial charge < -0.3 is 10.6 Å². The van der Waals surface area contributed by atoms with E-state index in [2.05, 4.69) is 31.0 Å². The topological polar surface area (TPSA) is 92.7 Å². The minimum absolute atomic E-state index is 0.198. The van der Waals surface area contributed by atoms with Crippen molar-refractivity contribution < 1.29 is 4.79 Å². The molecule has 7 nitrogen and oxygen atoms in total. The van der Waals surface area contributed by atoms with Crippen LogP contribution in [0.1, 0.15) is 38.8 Å². The first-order valence-electron chi connectivity index (χ1n) is 8.55. The van der Waals surface area contributed by atoms with Crippen LogP contribution in [0.3, 0.4) is 0 Å². The Kier molecular flexibility index (Phi) is 5.65. The van der Waals surface area contributed by atoms with Gasteiger partial charge in [0.25, 0.3) is 5.91 Å². The maximum absolute atomic E-state index is 12.2. The zero-order valence-electron chi connectivity index (χ0n) is 14.6. The molecule has 0 spiro atoms. The number of rotatable bonds is 8. The van der Waals surface area contributed by atoms with Gasteiger partial charge >= 0.3 is 0 Å². The van der Waals surface area contributed by atoms with E-state index in [1.54, 1.807) is 23.1 Å². The number of thioether (sulfide) groups is 1. The first-order chi connectivity index (χ1) is 13.2. The number of nitrogens with one attached hydrogen (secondary N) is 2. The van der Waals surface area contributed by atoms with Crippen molar-refractivity contribution in [3.63, 3.8) is 0 Å². The maximum atomic E-state index is 12.2. The van der Waals surface area contributed by atoms with Crippen LogP contribution in [-0.2, 0) is 12.3 Å². The van der Waals surface area contributed by atoms with E-state index >= 15 is 0 Å². The lowest BCUT2D eigenvalue weighted by Crippen LogP contribution is -2.22. The van der Waals surface area contributed by atoms with Crippen molar-refractivity contribution in [3.05, 3.63) is 45.4 Å². The molecule has 1 aromatic carbocycles. The zero-order chi connectivity index (χ0) is 18.6. The number of amides is 1. The smallest absolute Gasteiger partial charge is 0.282 e. The molecule has 140 valence electrons. The minimum atomic E-state index is -0.198. The number of anilines is 1. The third-order valence-electron chi connectivity index (χ3n) is 3.87. The van der Waals surface area contributed by atoms with Gasteiger partial charge in [0, 0.05) is 12.6 Å². The molecule has 3 aromatic rings. The number of hydrogen-bond donors (Lipinski definition) is 2. The molecule has 4 rings (SSSR count). The van der Waals surface area contributed by atoms with Crippen molar-refractivity contribution in [2.45, 2.75) is 42.4 Å². The summed E-state index contributed by atoms with van der Waals surface area (Å²) in [5.41, 5.74) is 2.25. The van der Waals surface area contributed by atoms with Crippen LogP contribution < -0.4 is 10.6 Å². The Morgan fingerprint density at radius 2 is 1.96 bits per heavy atom. The third-order valence-corrected chi connectivity index (χ3v) is 6.97. The van der Waals surface area contributed by atoms with Gasteiger partial charge in [-0.25, -0.2) is 0 Å². The van der Waals surface area contributed by atoms with Crippen molar-refractivity contribution in [2.24, 2.45) is 0 Å². The quantitative estimate of drug-likeness (QED) is 0.541. The number of benzene rings is 1. The molecule has 2 heterocycles. The number of aryl methyl sites for hydroxylation is 1. The van der Waals surface area contributed by atoms with Gasteiger partial charge in [0.05, 0.1) is 5.75 Å². The van der Waals surface area contributed by atoms with Crippen molar-refractivity contribution in [2.75, 3.05) is 5.32 Å². The predicted octanol–water partition coefficient (Wildman–Crippen LogP) is 3.49. The minimum Gasteiger partial charge on any atom is -0.357 e. The first kappa shape index (κ1) is 18.3. The summed E-state index contributed by atoms with van der Waals surface area (Å²) in [5, 5.41) is 24.7. The summed E-state index contributed by atoms with van der Waals surface area (Å²) in [7, 11) is 0. The number of aromatic nitrogens is 4. The Morgan fingerprint density at radius 1 is 1.15 bits per heavy atom. The van der Waals surface area contributed by atoms with Crippen molar-refractivity contribution >= 4 is 45.5 Å². The molecule has 0 radical (unpaired) electrons. The highest BCUT2D eigenvalue weighted by Crippen LogP contribution is 2.32. The molecule has 0 aliphatic heterocycles. The highest BCUT2D eigenvalue weighted by atomic mass is 32.2. The van der Waals surface area contributed by atoms with Gasteiger partial charge in [-0.1, -0.05) is 64.3 Å². The van der Waals surface area contributed by atoms with Gasteiger partial charge in [0.1, 0.15) is 5.01 Å². The lowest BCUT2D eigenvalue weighted by Gasteiger charge is -2.03. The van der Waals surface area contributed by atoms with E-state index in [9.17, 15) is 4.79 Å². The lowest BCUT2D eigenvalue weighted by atomic mass is 10.1. The molecule has 2 aromatic heterocycles. The molecule has 2 N–H and O–H groups in total. The molecule has 1 saturated carbocycles. The molecular formula is C17H18N6OS3. The molecule has 1 amide bonds. The Morgan fingerprint density at radius 3 is 2.74 bits per heavy atom. The van der Waals surface area contributed by atoms with E-state index in [0.717, 1.165) is 20.0 Å². The molecule has 0 unspecified atom stereocenters. The van der Waals surface area contributed by atoms with E-state index in [0.29, 0.717) is 23.3 Å². The third kappa shape index (κ3) is 5.24. The van der Waals surface area contributed by atoms with Crippen LogP contribution in [0.2, 0.25) is 0 Å². The van der Waals surface area contributed by atoms with E-state index in [-0.39, 0.29) is 5.91 Å². The average Bonchev–Trinajstić information content (AvgIpc) is 3.17. The van der Waals surface area contributed by atoms with E-state index < -0.39 is 0 Å². The van der Waals surface area contributed by atoms with E-state index in [4.69, 9.17) is 0 Å². The lowest BCUT2D eigenvalue weighted by molar-refractivity contribution is 0.0950. The van der Waals surface area contributed by atoms with Gasteiger partial charge in [0.15, 0.2) is 4.34 Å². The molecule has 10 heteroatoms. The maximum Gasteiger partial charge on any atom is 0.282 e. The molecule has 1 aliphatic carbocycles. The van der Waals surface area contributed by atoms with Crippen molar-refractivity contribution in [1.82, 2.24) is 25.7 Å². The summed E-state index contributed by atoms with van der Waals surface area (Å²) in [5.74, 6) is 0.428. The van der Waals surface area contributed by atoms with Crippen LogP contribution in [0.5, 0.6) is 0 Å². The summed E-state index contributed by atoms with van der Waals surface area (Å²) in [6.45, 7) is 2.51. The Bertz CT molecular complexity index is 919. The van der Waals surface area contributed by atoms with Gasteiger partial charge in [0.2, 0.25) is 10.1 Å². The first-order valence-corrected chi connectivity index (χ1v) is 11.2. The molecule has 1 aliphatic rings. The van der Waals surface area contributed by atoms with Crippen LogP contribution in [0, 0.1) is 6.92 Å². The highest BCUT2D eigenvalue weighted by Gasteiger charge is 2.22. The van der Waals surface area contributed by atoms with Gasteiger partial charge in [-0.15, -0.1) is 20.4 Å². The van der Waals surface area contributed by atoms with Crippen LogP contribution in [0.25, 0.3) is 0 Å². The Hall–Kier alpha value is -2.04. The number of nitrogens with zero attached hydrogens (tertiary/aromatic N) is 4. The van der Waals surface area contributed by atoms with Crippen LogP contribution >= 0.6 is 34.4 Å². The monoisotopic (exact) mass is 418 g/mol. The normalized spacial score (nSPS) is 13.5. The van der Waals surface area contributed by atoms with Crippen molar-refractivity contribution in [1.29, 1.82) is 0 Å². The molecule has 27 heavy (non-hydrogen) atoms. The number of hydrogen-bond acceptors (Lipinski definition) is 9. The standard InChI is InChI=1S/C17H18N6OS3/c1-10-2-4-11(5-3-10)8-18-14(24)15-21-20-13(26-15)9-25-17-23-22-16(27-17)19-12-6-7-12/h2-5,12H,6-9H2,1H3,(H,18,24)(H,19,22). The fourth-order valence-corrected chi connectivity index (χ4v) is 4.79. The Balaban J connectivity index is 1.26. The second-order valence-electron chi connectivity index (χ2n) is 6.25. The zero-order valence-corrected chi connectivity index (χ0v) is 17.1. The van der Waals surface area contributed by atoms with Gasteiger partial charge in [-0.3, -0.25) is 4.79 Å². The van der Waals surface area contributed by atoms with Gasteiger partial charge in [-0.05, 0) is 25.3 Å². The summed E-state index contributed by atoms with van der Waals surface area (Å²) in [6, 6.07) is 8.64. The second kappa shape index (κ2) is 8.32. The Labute approximate surface area is 169 Å². The van der Waals surface area contributed by atoms with Crippen LogP contribution in [-0.4, -0.2) is 32.3 Å². The molecule has 1 fully saturated rings. The van der Waals surface area contributed by atoms with Crippen LogP contribution in [0.15, 0.2) is 28.6 Å². The SMILES string of the molecule is Cc1ccc(CNC(=O)c2nnc(CSc3nnc(NC4CC4)s3)s2)cc1. The average molecular weight is 419 g/mol. The van der Waals surface area contributed by atoms with Gasteiger partial charge in [-0.2, -0.15) is 0 Å². The summed E-state index contributed by atoms with van der Waals surface area (Å²) in [6.07, 6.45) is 2.42. The fourth-order valence-electron chi connectivity index (χ4n) is 2.22. The molecule has 0 atom stereocenters.